The number of allylic oxidation sites excluding steroid dienone is 2. The fourth-order valence-electron chi connectivity index (χ4n) is 6.84. The number of aromatic nitrogens is 4. The van der Waals surface area contributed by atoms with E-state index in [4.69, 9.17) is 14.4 Å². The number of aryl methyl sites for hydroxylation is 2. The molecular weight excluding hydrogens is 849 g/mol. The first-order valence-corrected chi connectivity index (χ1v) is 18.6. The quantitative estimate of drug-likeness (QED) is 0.0790. The molecule has 4 aromatic carbocycles. The van der Waals surface area contributed by atoms with Crippen molar-refractivity contribution in [2.45, 2.75) is 67.2 Å². The van der Waals surface area contributed by atoms with Gasteiger partial charge >= 0.3 is 0 Å². The summed E-state index contributed by atoms with van der Waals surface area (Å²) < 4.78 is 8.47. The number of carbonyl (C=O) groups is 1. The van der Waals surface area contributed by atoms with Gasteiger partial charge in [-0.1, -0.05) is 82.3 Å². The van der Waals surface area contributed by atoms with E-state index in [-0.39, 0.29) is 43.5 Å². The van der Waals surface area contributed by atoms with Gasteiger partial charge in [0.05, 0.1) is 11.6 Å². The van der Waals surface area contributed by atoms with Gasteiger partial charge in [0.2, 0.25) is 17.3 Å². The number of pyridine rings is 1. The third kappa shape index (κ3) is 8.78. The summed E-state index contributed by atoms with van der Waals surface area (Å²) in [4.78, 5) is 26.0. The van der Waals surface area contributed by atoms with Crippen molar-refractivity contribution in [2.24, 2.45) is 11.8 Å². The summed E-state index contributed by atoms with van der Waals surface area (Å²) in [6, 6.07) is 38.3. The number of hydrogen-bond acceptors (Lipinski definition) is 6. The maximum Gasteiger partial charge on any atom is 0.244 e. The zero-order chi connectivity index (χ0) is 37.5. The van der Waals surface area contributed by atoms with Crippen LogP contribution in [0.25, 0.3) is 61.8 Å². The average molecular weight is 896 g/mol. The molecule has 0 bridgehead atoms. The molecule has 7 rings (SSSR count). The van der Waals surface area contributed by atoms with Gasteiger partial charge in [-0.2, -0.15) is 4.98 Å². The van der Waals surface area contributed by atoms with Crippen LogP contribution in [0.5, 0.6) is 0 Å². The Labute approximate surface area is 331 Å². The number of nitrogens with zero attached hydrogens (tertiary/aromatic N) is 4. The van der Waals surface area contributed by atoms with E-state index in [0.29, 0.717) is 17.3 Å². The van der Waals surface area contributed by atoms with Crippen molar-refractivity contribution in [3.63, 3.8) is 0 Å². The molecule has 0 spiro atoms. The van der Waals surface area contributed by atoms with E-state index in [2.05, 4.69) is 82.3 Å². The smallest absolute Gasteiger partial charge is 0.244 e. The van der Waals surface area contributed by atoms with Gasteiger partial charge in [-0.25, -0.2) is 0 Å². The van der Waals surface area contributed by atoms with Gasteiger partial charge in [-0.3, -0.25) is 14.8 Å². The Morgan fingerprint density at radius 1 is 0.759 bits per heavy atom. The van der Waals surface area contributed by atoms with Gasteiger partial charge in [0.25, 0.3) is 0 Å². The normalized spacial score (nSPS) is 11.5. The molecule has 0 fully saturated rings. The van der Waals surface area contributed by atoms with Crippen molar-refractivity contribution >= 4 is 27.9 Å². The summed E-state index contributed by atoms with van der Waals surface area (Å²) in [5.41, 5.74) is 8.07. The molecule has 0 saturated heterocycles. The van der Waals surface area contributed by atoms with E-state index in [1.165, 1.54) is 6.08 Å². The van der Waals surface area contributed by atoms with Crippen LogP contribution in [0.2, 0.25) is 0 Å². The molecule has 8 heteroatoms. The van der Waals surface area contributed by atoms with Crippen LogP contribution < -0.4 is 0 Å². The third-order valence-electron chi connectivity index (χ3n) is 9.79. The zero-order valence-electron chi connectivity index (χ0n) is 31.8. The molecule has 1 radical (unpaired) electrons. The molecule has 7 aromatic rings. The van der Waals surface area contributed by atoms with Crippen LogP contribution in [-0.2, 0) is 24.9 Å². The van der Waals surface area contributed by atoms with Crippen molar-refractivity contribution in [1.82, 2.24) is 19.5 Å². The zero-order valence-corrected chi connectivity index (χ0v) is 34.2. The van der Waals surface area contributed by atoms with Gasteiger partial charge < -0.3 is 14.1 Å². The number of aliphatic hydroxyl groups is 1. The van der Waals surface area contributed by atoms with Crippen molar-refractivity contribution in [3.05, 3.63) is 132 Å². The van der Waals surface area contributed by atoms with Gasteiger partial charge in [0.15, 0.2) is 5.78 Å². The minimum atomic E-state index is 0. The number of benzene rings is 4. The van der Waals surface area contributed by atoms with Crippen LogP contribution in [0, 0.1) is 31.7 Å². The molecular formula is C46H47IrN4O3-. The Morgan fingerprint density at radius 3 is 2.09 bits per heavy atom. The monoisotopic (exact) mass is 896 g/mol. The van der Waals surface area contributed by atoms with E-state index in [0.717, 1.165) is 81.6 Å². The Kier molecular flexibility index (Phi) is 13.5. The van der Waals surface area contributed by atoms with Crippen LogP contribution in [0.1, 0.15) is 64.8 Å². The molecule has 0 amide bonds. The molecule has 3 aromatic heterocycles. The first-order chi connectivity index (χ1) is 25.7. The van der Waals surface area contributed by atoms with Crippen LogP contribution in [0.3, 0.4) is 0 Å². The van der Waals surface area contributed by atoms with Gasteiger partial charge in [0, 0.05) is 66.0 Å². The second-order valence-electron chi connectivity index (χ2n) is 13.4. The molecule has 3 heterocycles. The molecule has 0 atom stereocenters. The van der Waals surface area contributed by atoms with E-state index in [9.17, 15) is 9.90 Å². The van der Waals surface area contributed by atoms with Crippen molar-refractivity contribution in [3.8, 4) is 39.7 Å². The predicted octanol–water partition coefficient (Wildman–Crippen LogP) is 11.8. The molecule has 279 valence electrons. The number of fused-ring (bicyclic) bond motifs is 2. The number of oxazole rings is 1. The largest absolute Gasteiger partial charge is 0.512 e. The topological polar surface area (TPSA) is 94.0 Å². The second kappa shape index (κ2) is 18.2. The van der Waals surface area contributed by atoms with Crippen LogP contribution in [0.15, 0.2) is 119 Å². The second-order valence-corrected chi connectivity index (χ2v) is 13.4. The summed E-state index contributed by atoms with van der Waals surface area (Å²) >= 11 is 0. The summed E-state index contributed by atoms with van der Waals surface area (Å²) in [6.45, 7) is 12.1. The molecule has 0 aliphatic rings. The fourth-order valence-corrected chi connectivity index (χ4v) is 6.84. The van der Waals surface area contributed by atoms with Crippen molar-refractivity contribution in [1.29, 1.82) is 0 Å². The Bertz CT molecular complexity index is 2340. The van der Waals surface area contributed by atoms with E-state index in [1.807, 2.05) is 77.9 Å². The SMILES string of the molecule is CCC(CC)C(=O)/C=C(\O)C(CC)CC.Cc1cc(-c2cc[c-]c(-c3nc4nc(-c5ccccc5)oc4n3-c3cccc4ccccc34)c2)cc(C)n1.[Ir]. The third-order valence-corrected chi connectivity index (χ3v) is 9.79. The van der Waals surface area contributed by atoms with E-state index in [1.54, 1.807) is 0 Å². The van der Waals surface area contributed by atoms with E-state index >= 15 is 0 Å². The van der Waals surface area contributed by atoms with Gasteiger partial charge in [0.1, 0.15) is 0 Å². The van der Waals surface area contributed by atoms with Gasteiger partial charge in [-0.05, 0) is 80.8 Å². The number of rotatable bonds is 11. The summed E-state index contributed by atoms with van der Waals surface area (Å²) in [5, 5.41) is 12.0. The fraction of sp³-hybridized carbons (Fsp3) is 0.261. The maximum absolute atomic E-state index is 11.7. The Morgan fingerprint density at radius 2 is 1.41 bits per heavy atom. The van der Waals surface area contributed by atoms with Crippen LogP contribution in [-0.4, -0.2) is 30.4 Å². The number of carbonyl (C=O) groups excluding carboxylic acids is 1. The standard InChI is InChI=1S/C33H23N4O.C13H24O2.Ir/c1-21-18-27(19-22(2)34-21)25-14-8-15-26(20-25)31-35-30-33(38-32(36-30)24-11-4-3-5-12-24)37(31)29-17-9-13-23-10-6-7-16-28(23)29;1-5-10(6-2)12(14)9-13(15)11(7-3)8-4;/h3-14,16-20H,1-2H3;9-11,14H,5-8H2,1-4H3;/q-1;;/b;12-9-;. The van der Waals surface area contributed by atoms with E-state index < -0.39 is 0 Å². The van der Waals surface area contributed by atoms with Crippen molar-refractivity contribution in [2.75, 3.05) is 0 Å². The summed E-state index contributed by atoms with van der Waals surface area (Å²) in [6.07, 6.45) is 4.91. The minimum Gasteiger partial charge on any atom is -0.512 e. The molecule has 54 heavy (non-hydrogen) atoms. The number of imidazole rings is 1. The molecule has 0 aliphatic carbocycles. The first-order valence-electron chi connectivity index (χ1n) is 18.6. The Balaban J connectivity index is 0.000000301. The summed E-state index contributed by atoms with van der Waals surface area (Å²) in [7, 11) is 0. The maximum atomic E-state index is 11.7. The molecule has 1 N–H and O–H groups in total. The average Bonchev–Trinajstić information content (AvgIpc) is 3.75. The number of aliphatic hydroxyl groups excluding tert-OH is 1. The molecule has 0 unspecified atom stereocenters. The summed E-state index contributed by atoms with van der Waals surface area (Å²) in [5.74, 6) is 1.82. The molecule has 7 nitrogen and oxygen atoms in total. The molecule has 0 saturated carbocycles. The Hall–Kier alpha value is -5.17. The predicted molar refractivity (Wildman–Crippen MR) is 215 cm³/mol. The van der Waals surface area contributed by atoms with Crippen molar-refractivity contribution < 1.29 is 34.4 Å². The minimum absolute atomic E-state index is 0. The first kappa shape index (κ1) is 40.0. The van der Waals surface area contributed by atoms with Crippen LogP contribution in [0.4, 0.5) is 0 Å². The number of hydrogen-bond donors (Lipinski definition) is 1. The van der Waals surface area contributed by atoms with Crippen LogP contribution >= 0.6 is 0 Å². The number of ketones is 1. The molecule has 0 aliphatic heterocycles. The van der Waals surface area contributed by atoms with Gasteiger partial charge in [-0.15, -0.1) is 35.4 Å².